The van der Waals surface area contributed by atoms with Gasteiger partial charge in [0.15, 0.2) is 0 Å². The number of hydrogen-bond donors (Lipinski definition) is 6. The molecule has 6 N–H and O–H groups in total. The quantitative estimate of drug-likeness (QED) is 0.131. The Morgan fingerprint density at radius 1 is 1.27 bits per heavy atom. The summed E-state index contributed by atoms with van der Waals surface area (Å²) in [7, 11) is -5.17. The van der Waals surface area contributed by atoms with E-state index in [1.807, 2.05) is 0 Å². The van der Waals surface area contributed by atoms with Crippen molar-refractivity contribution in [2.45, 2.75) is 46.0 Å². The summed E-state index contributed by atoms with van der Waals surface area (Å²) in [6.45, 7) is -1.39. The molecule has 12 heteroatoms. The van der Waals surface area contributed by atoms with E-state index in [-0.39, 0.29) is 17.2 Å². The Hall–Kier alpha value is 0.149. The molecule has 0 aliphatic carbocycles. The maximum absolute atomic E-state index is 10.5. The van der Waals surface area contributed by atoms with Crippen LogP contribution in [0.2, 0.25) is 15.5 Å². The maximum atomic E-state index is 10.5. The zero-order valence-electron chi connectivity index (χ0n) is 11.4. The van der Waals surface area contributed by atoms with E-state index in [1.165, 1.54) is 0 Å². The van der Waals surface area contributed by atoms with Crippen LogP contribution >= 0.6 is 0 Å². The SMILES string of the molecule is O=S(=O)([O-])O[C@H](CO)[C@H](O)[C@@H](O)C[Se+]1C[C@@H](O)[C@H](O)[C@H]1CO. The number of aliphatic hydroxyl groups excluding tert-OH is 6. The minimum atomic E-state index is -5.17. The molecule has 0 radical (unpaired) electrons. The number of rotatable bonds is 8. The van der Waals surface area contributed by atoms with Gasteiger partial charge in [-0.25, -0.2) is 0 Å². The van der Waals surface area contributed by atoms with E-state index < -0.39 is 66.2 Å². The van der Waals surface area contributed by atoms with Crippen LogP contribution in [-0.2, 0) is 14.6 Å². The van der Waals surface area contributed by atoms with Crippen molar-refractivity contribution in [3.05, 3.63) is 0 Å². The minimum absolute atomic E-state index is 0.0702. The van der Waals surface area contributed by atoms with Crippen LogP contribution in [0.25, 0.3) is 0 Å². The normalized spacial score (nSPS) is 33.6. The van der Waals surface area contributed by atoms with Gasteiger partial charge in [0.25, 0.3) is 0 Å². The molecule has 0 aromatic heterocycles. The topological polar surface area (TPSA) is 188 Å². The predicted octanol–water partition coefficient (Wildman–Crippen LogP) is -3.86. The Bertz CT molecular complexity index is 445. The average Bonchev–Trinajstić information content (AvgIpc) is 2.68. The van der Waals surface area contributed by atoms with Crippen molar-refractivity contribution < 1.29 is 47.8 Å². The molecule has 0 aromatic carbocycles. The van der Waals surface area contributed by atoms with E-state index >= 15 is 0 Å². The monoisotopic (exact) mass is 412 g/mol. The molecule has 10 nitrogen and oxygen atoms in total. The summed E-state index contributed by atoms with van der Waals surface area (Å²) in [5, 5.41) is 57.2. The van der Waals surface area contributed by atoms with Gasteiger partial charge in [0, 0.05) is 0 Å². The van der Waals surface area contributed by atoms with E-state index in [4.69, 9.17) is 5.11 Å². The molecule has 132 valence electrons. The van der Waals surface area contributed by atoms with Gasteiger partial charge in [0.1, 0.15) is 0 Å². The van der Waals surface area contributed by atoms with Crippen LogP contribution in [0.3, 0.4) is 0 Å². The van der Waals surface area contributed by atoms with Gasteiger partial charge in [-0.3, -0.25) is 0 Å². The van der Waals surface area contributed by atoms with E-state index in [1.54, 1.807) is 0 Å². The van der Waals surface area contributed by atoms with Gasteiger partial charge in [-0.2, -0.15) is 0 Å². The van der Waals surface area contributed by atoms with Gasteiger partial charge in [0.2, 0.25) is 0 Å². The molecule has 7 atom stereocenters. The summed E-state index contributed by atoms with van der Waals surface area (Å²) < 4.78 is 35.4. The standard InChI is InChI=1S/C10H20O10SSe/c11-1-7(20-21(17,18)19)9(15)5(13)3-22-4-6(14)10(16)8(22)2-12/h5-16H,1-4H2/t5-,6+,7+,8+,9+,10-,22?/m0/s1. The van der Waals surface area contributed by atoms with E-state index in [0.29, 0.717) is 0 Å². The van der Waals surface area contributed by atoms with Gasteiger partial charge in [0.05, 0.1) is 0 Å². The van der Waals surface area contributed by atoms with Crippen molar-refractivity contribution in [3.8, 4) is 0 Å². The van der Waals surface area contributed by atoms with Crippen LogP contribution in [0.1, 0.15) is 0 Å². The third-order valence-corrected chi connectivity index (χ3v) is 9.76. The molecular formula is C10H20O10SSe. The molecule has 0 amide bonds. The van der Waals surface area contributed by atoms with Crippen molar-refractivity contribution in [2.75, 3.05) is 13.2 Å². The fourth-order valence-electron chi connectivity index (χ4n) is 2.20. The number of hydrogen-bond acceptors (Lipinski definition) is 10. The second kappa shape index (κ2) is 8.31. The van der Waals surface area contributed by atoms with E-state index in [9.17, 15) is 38.5 Å². The van der Waals surface area contributed by atoms with Gasteiger partial charge in [-0.1, -0.05) is 0 Å². The first kappa shape index (κ1) is 20.2. The first-order valence-electron chi connectivity index (χ1n) is 6.35. The van der Waals surface area contributed by atoms with Crippen molar-refractivity contribution in [1.82, 2.24) is 0 Å². The summed E-state index contributed by atoms with van der Waals surface area (Å²) in [6.07, 6.45) is -7.33. The summed E-state index contributed by atoms with van der Waals surface area (Å²) in [5.74, 6) is 0. The molecule has 0 bridgehead atoms. The molecule has 1 rings (SSSR count). The third-order valence-electron chi connectivity index (χ3n) is 3.35. The van der Waals surface area contributed by atoms with Crippen LogP contribution in [0, 0.1) is 0 Å². The van der Waals surface area contributed by atoms with Gasteiger partial charge < -0.3 is 0 Å². The fourth-order valence-corrected chi connectivity index (χ4v) is 8.32. The van der Waals surface area contributed by atoms with Crippen LogP contribution < -0.4 is 0 Å². The molecule has 1 aliphatic rings. The Balaban J connectivity index is 2.68. The molecule has 22 heavy (non-hydrogen) atoms. The Morgan fingerprint density at radius 3 is 2.32 bits per heavy atom. The van der Waals surface area contributed by atoms with E-state index in [0.717, 1.165) is 0 Å². The zero-order valence-corrected chi connectivity index (χ0v) is 14.0. The predicted molar refractivity (Wildman–Crippen MR) is 71.9 cm³/mol. The Kier molecular flexibility index (Phi) is 7.63. The zero-order chi connectivity index (χ0) is 17.1. The molecule has 0 spiro atoms. The molecule has 0 saturated carbocycles. The van der Waals surface area contributed by atoms with E-state index in [2.05, 4.69) is 4.18 Å². The summed E-state index contributed by atoms with van der Waals surface area (Å²) in [4.78, 5) is -0.589. The molecule has 1 unspecified atom stereocenters. The van der Waals surface area contributed by atoms with Crippen molar-refractivity contribution in [1.29, 1.82) is 0 Å². The first-order chi connectivity index (χ1) is 10.1. The molecular weight excluding hydrogens is 391 g/mol. The van der Waals surface area contributed by atoms with Crippen LogP contribution in [0.5, 0.6) is 0 Å². The summed E-state index contributed by atoms with van der Waals surface area (Å²) in [6, 6.07) is 0. The second-order valence-corrected chi connectivity index (χ2v) is 10.9. The third kappa shape index (κ3) is 5.35. The average molecular weight is 411 g/mol. The molecule has 1 saturated heterocycles. The van der Waals surface area contributed by atoms with Crippen LogP contribution in [0.15, 0.2) is 0 Å². The molecule has 1 heterocycles. The van der Waals surface area contributed by atoms with Crippen molar-refractivity contribution in [2.24, 2.45) is 0 Å². The number of aliphatic hydroxyl groups is 6. The molecule has 1 fully saturated rings. The summed E-state index contributed by atoms with van der Waals surface area (Å²) in [5.41, 5.74) is 0. The van der Waals surface area contributed by atoms with Crippen molar-refractivity contribution >= 4 is 24.3 Å². The van der Waals surface area contributed by atoms with Gasteiger partial charge >= 0.3 is 131 Å². The second-order valence-electron chi connectivity index (χ2n) is 4.93. The van der Waals surface area contributed by atoms with Gasteiger partial charge in [-0.05, 0) is 0 Å². The molecule has 0 aromatic rings. The van der Waals surface area contributed by atoms with Crippen LogP contribution in [0.4, 0.5) is 0 Å². The fraction of sp³-hybridized carbons (Fsp3) is 1.00. The Morgan fingerprint density at radius 2 is 1.86 bits per heavy atom. The van der Waals surface area contributed by atoms with Crippen LogP contribution in [-0.4, -0.2) is 101 Å². The first-order valence-corrected chi connectivity index (χ1v) is 11.1. The summed E-state index contributed by atoms with van der Waals surface area (Å²) >= 11 is -1.90. The molecule has 1 aliphatic heterocycles. The van der Waals surface area contributed by atoms with Gasteiger partial charge in [-0.15, -0.1) is 0 Å². The Labute approximate surface area is 131 Å². The van der Waals surface area contributed by atoms with Crippen molar-refractivity contribution in [3.63, 3.8) is 0 Å².